The van der Waals surface area contributed by atoms with E-state index in [0.29, 0.717) is 31.6 Å². The Labute approximate surface area is 156 Å². The quantitative estimate of drug-likeness (QED) is 0.758. The Hall–Kier alpha value is -3.29. The molecule has 0 atom stereocenters. The number of rotatable bonds is 4. The molecule has 0 spiro atoms. The second-order valence-corrected chi connectivity index (χ2v) is 6.52. The highest BCUT2D eigenvalue weighted by molar-refractivity contribution is 5.94. The summed E-state index contributed by atoms with van der Waals surface area (Å²) in [7, 11) is 0. The first-order chi connectivity index (χ1) is 13.1. The second-order valence-electron chi connectivity index (χ2n) is 6.52. The van der Waals surface area contributed by atoms with Crippen molar-refractivity contribution in [3.63, 3.8) is 0 Å². The van der Waals surface area contributed by atoms with Crippen molar-refractivity contribution in [2.45, 2.75) is 33.4 Å². The van der Waals surface area contributed by atoms with Crippen LogP contribution in [0.15, 0.2) is 35.4 Å². The van der Waals surface area contributed by atoms with E-state index in [0.717, 1.165) is 34.1 Å². The maximum absolute atomic E-state index is 12.7. The summed E-state index contributed by atoms with van der Waals surface area (Å²) in [5, 5.41) is 7.35. The summed E-state index contributed by atoms with van der Waals surface area (Å²) >= 11 is 0. The van der Waals surface area contributed by atoms with Crippen molar-refractivity contribution in [2.24, 2.45) is 0 Å². The molecule has 0 aromatic carbocycles. The van der Waals surface area contributed by atoms with E-state index >= 15 is 0 Å². The molecule has 0 unspecified atom stereocenters. The molecule has 4 heterocycles. The molecule has 0 saturated carbocycles. The molecule has 3 aromatic heterocycles. The number of hydrogen-bond acceptors (Lipinski definition) is 7. The second kappa shape index (κ2) is 7.14. The van der Waals surface area contributed by atoms with Gasteiger partial charge in [-0.05, 0) is 32.4 Å². The lowest BCUT2D eigenvalue weighted by Crippen LogP contribution is -2.37. The fraction of sp³-hybridized carbons (Fsp3) is 0.316. The lowest BCUT2D eigenvalue weighted by Gasteiger charge is -2.29. The van der Waals surface area contributed by atoms with Gasteiger partial charge in [-0.15, -0.1) is 0 Å². The molecule has 1 amide bonds. The van der Waals surface area contributed by atoms with Gasteiger partial charge in [0.05, 0.1) is 23.5 Å². The van der Waals surface area contributed by atoms with Gasteiger partial charge >= 0.3 is 0 Å². The maximum atomic E-state index is 12.7. The Morgan fingerprint density at radius 2 is 2.22 bits per heavy atom. The number of aromatic nitrogens is 4. The van der Waals surface area contributed by atoms with Crippen molar-refractivity contribution in [1.29, 1.82) is 0 Å². The fourth-order valence-corrected chi connectivity index (χ4v) is 3.28. The number of anilines is 1. The number of carbonyl (C=O) groups excluding carboxylic acids is 1. The smallest absolute Gasteiger partial charge is 0.255 e. The van der Waals surface area contributed by atoms with Crippen molar-refractivity contribution >= 4 is 11.7 Å². The van der Waals surface area contributed by atoms with E-state index in [4.69, 9.17) is 4.52 Å². The number of carbonyl (C=O) groups is 1. The van der Waals surface area contributed by atoms with Crippen LogP contribution < -0.4 is 5.32 Å². The summed E-state index contributed by atoms with van der Waals surface area (Å²) in [4.78, 5) is 27.3. The molecule has 0 radical (unpaired) electrons. The van der Waals surface area contributed by atoms with Crippen molar-refractivity contribution in [3.05, 3.63) is 64.7 Å². The zero-order chi connectivity index (χ0) is 18.8. The Bertz CT molecular complexity index is 950. The van der Waals surface area contributed by atoms with Gasteiger partial charge in [0.15, 0.2) is 0 Å². The van der Waals surface area contributed by atoms with Crippen LogP contribution in [0.3, 0.4) is 0 Å². The van der Waals surface area contributed by atoms with E-state index in [1.54, 1.807) is 29.4 Å². The van der Waals surface area contributed by atoms with Gasteiger partial charge in [0.1, 0.15) is 17.9 Å². The van der Waals surface area contributed by atoms with Crippen molar-refractivity contribution in [1.82, 2.24) is 25.0 Å². The monoisotopic (exact) mass is 364 g/mol. The molecule has 1 N–H and O–H groups in total. The molecule has 8 nitrogen and oxygen atoms in total. The van der Waals surface area contributed by atoms with Gasteiger partial charge < -0.3 is 14.7 Å². The summed E-state index contributed by atoms with van der Waals surface area (Å²) < 4.78 is 5.21. The van der Waals surface area contributed by atoms with Crippen LogP contribution in [-0.2, 0) is 19.5 Å². The number of amides is 1. The Morgan fingerprint density at radius 1 is 1.33 bits per heavy atom. The fourth-order valence-electron chi connectivity index (χ4n) is 3.28. The van der Waals surface area contributed by atoms with Gasteiger partial charge in [0, 0.05) is 36.6 Å². The first-order valence-corrected chi connectivity index (χ1v) is 8.81. The third-order valence-electron chi connectivity index (χ3n) is 4.82. The molecule has 0 fully saturated rings. The van der Waals surface area contributed by atoms with Gasteiger partial charge in [-0.3, -0.25) is 9.78 Å². The van der Waals surface area contributed by atoms with Crippen molar-refractivity contribution < 1.29 is 9.32 Å². The zero-order valence-electron chi connectivity index (χ0n) is 15.3. The molecule has 4 rings (SSSR count). The summed E-state index contributed by atoms with van der Waals surface area (Å²) in [6.45, 7) is 5.49. The summed E-state index contributed by atoms with van der Waals surface area (Å²) in [5.74, 6) is 1.57. The zero-order valence-corrected chi connectivity index (χ0v) is 15.3. The third kappa shape index (κ3) is 3.38. The number of hydrogen-bond donors (Lipinski definition) is 1. The van der Waals surface area contributed by atoms with Crippen molar-refractivity contribution in [2.75, 3.05) is 11.9 Å². The van der Waals surface area contributed by atoms with Gasteiger partial charge in [0.25, 0.3) is 5.91 Å². The SMILES string of the molecule is Cc1noc(C)c1CNc1ncnc2c1CCN(C(=O)c1cccnc1)C2. The van der Waals surface area contributed by atoms with E-state index in [-0.39, 0.29) is 5.91 Å². The Morgan fingerprint density at radius 3 is 2.96 bits per heavy atom. The molecule has 138 valence electrons. The van der Waals surface area contributed by atoms with E-state index in [9.17, 15) is 4.79 Å². The standard InChI is InChI=1S/C19H20N6O2/c1-12-16(13(2)27-24-12)9-21-18-15-5-7-25(10-17(15)22-11-23-18)19(26)14-4-3-6-20-8-14/h3-4,6,8,11H,5,7,9-10H2,1-2H3,(H,21,22,23). The molecule has 3 aromatic rings. The van der Waals surface area contributed by atoms with Gasteiger partial charge in [-0.1, -0.05) is 5.16 Å². The molecule has 0 bridgehead atoms. The normalized spacial score (nSPS) is 13.3. The number of fused-ring (bicyclic) bond motifs is 1. The molecule has 27 heavy (non-hydrogen) atoms. The minimum absolute atomic E-state index is 0.0300. The Kier molecular flexibility index (Phi) is 4.53. The average molecular weight is 364 g/mol. The lowest BCUT2D eigenvalue weighted by atomic mass is 10.0. The minimum Gasteiger partial charge on any atom is -0.365 e. The number of aryl methyl sites for hydroxylation is 2. The number of nitrogens with one attached hydrogen (secondary N) is 1. The molecule has 8 heteroatoms. The highest BCUT2D eigenvalue weighted by Crippen LogP contribution is 2.24. The molecular formula is C19H20N6O2. The van der Waals surface area contributed by atoms with Crippen molar-refractivity contribution in [3.8, 4) is 0 Å². The average Bonchev–Trinajstić information content (AvgIpc) is 3.03. The van der Waals surface area contributed by atoms with Crippen LogP contribution in [0.25, 0.3) is 0 Å². The van der Waals surface area contributed by atoms with E-state index in [1.807, 2.05) is 13.8 Å². The van der Waals surface area contributed by atoms with Crippen LogP contribution in [0.1, 0.15) is 38.6 Å². The van der Waals surface area contributed by atoms with Crippen LogP contribution in [0.4, 0.5) is 5.82 Å². The highest BCUT2D eigenvalue weighted by Gasteiger charge is 2.25. The van der Waals surface area contributed by atoms with Gasteiger partial charge in [-0.25, -0.2) is 9.97 Å². The van der Waals surface area contributed by atoms with E-state index in [1.165, 1.54) is 6.33 Å². The van der Waals surface area contributed by atoms with Crippen LogP contribution >= 0.6 is 0 Å². The number of pyridine rings is 1. The van der Waals surface area contributed by atoms with E-state index < -0.39 is 0 Å². The molecular weight excluding hydrogens is 344 g/mol. The third-order valence-corrected chi connectivity index (χ3v) is 4.82. The first-order valence-electron chi connectivity index (χ1n) is 8.81. The molecule has 0 aliphatic carbocycles. The molecule has 1 aliphatic heterocycles. The van der Waals surface area contributed by atoms with E-state index in [2.05, 4.69) is 25.4 Å². The maximum Gasteiger partial charge on any atom is 0.255 e. The minimum atomic E-state index is -0.0300. The highest BCUT2D eigenvalue weighted by atomic mass is 16.5. The largest absolute Gasteiger partial charge is 0.365 e. The van der Waals surface area contributed by atoms with Crippen LogP contribution in [0, 0.1) is 13.8 Å². The van der Waals surface area contributed by atoms with Crippen LogP contribution in [-0.4, -0.2) is 37.5 Å². The van der Waals surface area contributed by atoms with Crippen LogP contribution in [0.2, 0.25) is 0 Å². The Balaban J connectivity index is 1.51. The molecule has 1 aliphatic rings. The topological polar surface area (TPSA) is 97.0 Å². The summed E-state index contributed by atoms with van der Waals surface area (Å²) in [6.07, 6.45) is 5.49. The van der Waals surface area contributed by atoms with Crippen LogP contribution in [0.5, 0.6) is 0 Å². The first kappa shape index (κ1) is 17.1. The predicted octanol–water partition coefficient (Wildman–Crippen LogP) is 2.29. The molecule has 0 saturated heterocycles. The number of nitrogens with zero attached hydrogens (tertiary/aromatic N) is 5. The van der Waals surface area contributed by atoms with Gasteiger partial charge in [0.2, 0.25) is 0 Å². The lowest BCUT2D eigenvalue weighted by molar-refractivity contribution is 0.0731. The van der Waals surface area contributed by atoms with Gasteiger partial charge in [-0.2, -0.15) is 0 Å². The summed E-state index contributed by atoms with van der Waals surface area (Å²) in [6, 6.07) is 3.55. The summed E-state index contributed by atoms with van der Waals surface area (Å²) in [5.41, 5.74) is 4.42. The predicted molar refractivity (Wildman–Crippen MR) is 98.0 cm³/mol.